The molecule has 0 aliphatic rings. The zero-order chi connectivity index (χ0) is 13.6. The molecule has 3 aromatic rings. The molecule has 0 radical (unpaired) electrons. The molecule has 7 heteroatoms. The Morgan fingerprint density at radius 3 is 2.79 bits per heavy atom. The van der Waals surface area contributed by atoms with Gasteiger partial charge < -0.3 is 0 Å². The molecule has 0 fully saturated rings. The van der Waals surface area contributed by atoms with E-state index in [1.807, 2.05) is 18.2 Å². The SMILES string of the molecule is O=c1sc2cc(S)ccc2n1-c1ncc(Cl)cc1Cl. The van der Waals surface area contributed by atoms with Gasteiger partial charge in [-0.25, -0.2) is 9.55 Å². The molecular formula is C12H6Cl2N2OS2. The van der Waals surface area contributed by atoms with Gasteiger partial charge in [-0.1, -0.05) is 34.5 Å². The molecule has 0 spiro atoms. The fourth-order valence-electron chi connectivity index (χ4n) is 1.78. The first-order valence-corrected chi connectivity index (χ1v) is 7.24. The van der Waals surface area contributed by atoms with Crippen molar-refractivity contribution in [2.24, 2.45) is 0 Å². The molecule has 2 heterocycles. The maximum absolute atomic E-state index is 12.1. The topological polar surface area (TPSA) is 34.9 Å². The van der Waals surface area contributed by atoms with Crippen LogP contribution in [0.25, 0.3) is 16.0 Å². The summed E-state index contributed by atoms with van der Waals surface area (Å²) in [7, 11) is 0. The molecule has 0 saturated carbocycles. The van der Waals surface area contributed by atoms with E-state index >= 15 is 0 Å². The van der Waals surface area contributed by atoms with E-state index in [2.05, 4.69) is 17.6 Å². The van der Waals surface area contributed by atoms with E-state index in [1.54, 1.807) is 6.07 Å². The molecular weight excluding hydrogens is 323 g/mol. The van der Waals surface area contributed by atoms with Gasteiger partial charge in [-0.2, -0.15) is 0 Å². The highest BCUT2D eigenvalue weighted by Crippen LogP contribution is 2.27. The molecule has 0 N–H and O–H groups in total. The highest BCUT2D eigenvalue weighted by molar-refractivity contribution is 7.80. The molecule has 0 saturated heterocycles. The summed E-state index contributed by atoms with van der Waals surface area (Å²) in [5.41, 5.74) is 0.754. The summed E-state index contributed by atoms with van der Waals surface area (Å²) in [6.07, 6.45) is 1.46. The van der Waals surface area contributed by atoms with Crippen molar-refractivity contribution in [2.75, 3.05) is 0 Å². The lowest BCUT2D eigenvalue weighted by Crippen LogP contribution is -2.12. The first-order valence-electron chi connectivity index (χ1n) is 5.22. The Balaban J connectivity index is 2.36. The third-order valence-corrected chi connectivity index (χ3v) is 4.23. The number of hydrogen-bond acceptors (Lipinski definition) is 4. The van der Waals surface area contributed by atoms with Crippen LogP contribution in [-0.2, 0) is 0 Å². The first-order chi connectivity index (χ1) is 9.06. The Morgan fingerprint density at radius 1 is 1.26 bits per heavy atom. The second kappa shape index (κ2) is 4.83. The van der Waals surface area contributed by atoms with E-state index in [-0.39, 0.29) is 4.87 Å². The zero-order valence-electron chi connectivity index (χ0n) is 9.30. The third-order valence-electron chi connectivity index (χ3n) is 2.56. The second-order valence-corrected chi connectivity index (χ2v) is 6.17. The predicted molar refractivity (Wildman–Crippen MR) is 82.5 cm³/mol. The number of rotatable bonds is 1. The Kier molecular flexibility index (Phi) is 3.30. The minimum atomic E-state index is -0.148. The Morgan fingerprint density at radius 2 is 2.05 bits per heavy atom. The fraction of sp³-hybridized carbons (Fsp3) is 0. The summed E-state index contributed by atoms with van der Waals surface area (Å²) < 4.78 is 2.32. The molecule has 2 aromatic heterocycles. The fourth-order valence-corrected chi connectivity index (χ4v) is 3.45. The number of pyridine rings is 1. The molecule has 96 valence electrons. The molecule has 0 amide bonds. The van der Waals surface area contributed by atoms with Crippen LogP contribution < -0.4 is 4.87 Å². The maximum Gasteiger partial charge on any atom is 0.313 e. The number of benzene rings is 1. The van der Waals surface area contributed by atoms with Crippen LogP contribution in [0, 0.1) is 0 Å². The van der Waals surface area contributed by atoms with Crippen LogP contribution in [0.5, 0.6) is 0 Å². The number of aromatic nitrogens is 2. The lowest BCUT2D eigenvalue weighted by atomic mass is 10.3. The summed E-state index contributed by atoms with van der Waals surface area (Å²) in [6.45, 7) is 0. The van der Waals surface area contributed by atoms with E-state index in [4.69, 9.17) is 23.2 Å². The number of halogens is 2. The van der Waals surface area contributed by atoms with E-state index in [0.717, 1.165) is 26.4 Å². The minimum Gasteiger partial charge on any atom is -0.256 e. The van der Waals surface area contributed by atoms with Gasteiger partial charge in [0.05, 0.1) is 20.3 Å². The van der Waals surface area contributed by atoms with Gasteiger partial charge in [-0.15, -0.1) is 12.6 Å². The summed E-state index contributed by atoms with van der Waals surface area (Å²) in [5.74, 6) is 0.384. The predicted octanol–water partition coefficient (Wildman–Crippen LogP) is 4.04. The number of fused-ring (bicyclic) bond motifs is 1. The average Bonchev–Trinajstić information content (AvgIpc) is 2.65. The van der Waals surface area contributed by atoms with Gasteiger partial charge in [0.1, 0.15) is 0 Å². The van der Waals surface area contributed by atoms with Gasteiger partial charge in [0.25, 0.3) is 0 Å². The van der Waals surface area contributed by atoms with Gasteiger partial charge in [0, 0.05) is 11.1 Å². The number of thiol groups is 1. The lowest BCUT2D eigenvalue weighted by molar-refractivity contribution is 1.02. The van der Waals surface area contributed by atoms with Gasteiger partial charge in [0.15, 0.2) is 5.82 Å². The van der Waals surface area contributed by atoms with Crippen molar-refractivity contribution in [2.45, 2.75) is 4.90 Å². The summed E-state index contributed by atoms with van der Waals surface area (Å²) in [5, 5.41) is 0.767. The average molecular weight is 329 g/mol. The van der Waals surface area contributed by atoms with Crippen LogP contribution in [0.1, 0.15) is 0 Å². The van der Waals surface area contributed by atoms with Crippen molar-refractivity contribution in [1.82, 2.24) is 9.55 Å². The van der Waals surface area contributed by atoms with Crippen molar-refractivity contribution < 1.29 is 0 Å². The van der Waals surface area contributed by atoms with Crippen LogP contribution in [0.3, 0.4) is 0 Å². The van der Waals surface area contributed by atoms with Crippen molar-refractivity contribution in [1.29, 1.82) is 0 Å². The van der Waals surface area contributed by atoms with Crippen LogP contribution in [0.2, 0.25) is 10.0 Å². The van der Waals surface area contributed by atoms with E-state index in [0.29, 0.717) is 15.9 Å². The molecule has 0 bridgehead atoms. The Hall–Kier alpha value is -1.01. The van der Waals surface area contributed by atoms with E-state index in [1.165, 1.54) is 10.8 Å². The summed E-state index contributed by atoms with van der Waals surface area (Å²) in [4.78, 5) is 16.9. The smallest absolute Gasteiger partial charge is 0.256 e. The molecule has 0 aliphatic carbocycles. The second-order valence-electron chi connectivity index (χ2n) is 3.81. The van der Waals surface area contributed by atoms with Gasteiger partial charge in [-0.3, -0.25) is 4.79 Å². The summed E-state index contributed by atoms with van der Waals surface area (Å²) in [6, 6.07) is 7.04. The zero-order valence-corrected chi connectivity index (χ0v) is 12.5. The highest BCUT2D eigenvalue weighted by Gasteiger charge is 2.13. The van der Waals surface area contributed by atoms with Crippen molar-refractivity contribution in [3.63, 3.8) is 0 Å². The van der Waals surface area contributed by atoms with Gasteiger partial charge in [0.2, 0.25) is 0 Å². The summed E-state index contributed by atoms with van der Waals surface area (Å²) >= 11 is 17.3. The van der Waals surface area contributed by atoms with Crippen molar-refractivity contribution in [3.05, 3.63) is 50.2 Å². The lowest BCUT2D eigenvalue weighted by Gasteiger charge is -2.05. The van der Waals surface area contributed by atoms with Crippen molar-refractivity contribution in [3.8, 4) is 5.82 Å². The maximum atomic E-state index is 12.1. The molecule has 1 aromatic carbocycles. The van der Waals surface area contributed by atoms with Crippen LogP contribution in [0.4, 0.5) is 0 Å². The number of hydrogen-bond donors (Lipinski definition) is 1. The van der Waals surface area contributed by atoms with E-state index < -0.39 is 0 Å². The van der Waals surface area contributed by atoms with E-state index in [9.17, 15) is 4.79 Å². The number of nitrogens with zero attached hydrogens (tertiary/aromatic N) is 2. The van der Waals surface area contributed by atoms with Gasteiger partial charge in [-0.05, 0) is 24.3 Å². The third kappa shape index (κ3) is 2.27. The highest BCUT2D eigenvalue weighted by atomic mass is 35.5. The number of thiazole rings is 1. The molecule has 19 heavy (non-hydrogen) atoms. The largest absolute Gasteiger partial charge is 0.313 e. The van der Waals surface area contributed by atoms with Crippen molar-refractivity contribution >= 4 is 57.4 Å². The molecule has 0 atom stereocenters. The monoisotopic (exact) mass is 328 g/mol. The van der Waals surface area contributed by atoms with Crippen LogP contribution in [0.15, 0.2) is 40.2 Å². The normalized spacial score (nSPS) is 11.1. The molecule has 0 unspecified atom stereocenters. The molecule has 3 rings (SSSR count). The Bertz CT molecular complexity index is 841. The quantitative estimate of drug-likeness (QED) is 0.684. The molecule has 0 aliphatic heterocycles. The molecule has 3 nitrogen and oxygen atoms in total. The standard InChI is InChI=1S/C12H6Cl2N2OS2/c13-6-3-8(14)11(15-5-6)16-9-2-1-7(18)4-10(9)19-12(16)17/h1-5,18H. The van der Waals surface area contributed by atoms with Crippen LogP contribution in [-0.4, -0.2) is 9.55 Å². The van der Waals surface area contributed by atoms with Gasteiger partial charge >= 0.3 is 4.87 Å². The van der Waals surface area contributed by atoms with Crippen LogP contribution >= 0.6 is 47.2 Å². The minimum absolute atomic E-state index is 0.148. The Labute approximate surface area is 127 Å². The first kappa shape index (κ1) is 13.0.